The summed E-state index contributed by atoms with van der Waals surface area (Å²) in [6, 6.07) is 18.9. The number of rotatable bonds is 6. The van der Waals surface area contributed by atoms with Gasteiger partial charge in [0.2, 0.25) is 0 Å². The van der Waals surface area contributed by atoms with Crippen molar-refractivity contribution in [3.05, 3.63) is 81.4 Å². The number of para-hydroxylation sites is 1. The van der Waals surface area contributed by atoms with Gasteiger partial charge in [0, 0.05) is 16.1 Å². The van der Waals surface area contributed by atoms with Crippen LogP contribution in [0.1, 0.15) is 11.3 Å². The molecule has 0 N–H and O–H groups in total. The summed E-state index contributed by atoms with van der Waals surface area (Å²) >= 11 is 4.40. The minimum Gasteiger partial charge on any atom is -0.492 e. The largest absolute Gasteiger partial charge is 0.492 e. The van der Waals surface area contributed by atoms with E-state index in [4.69, 9.17) is 9.15 Å². The summed E-state index contributed by atoms with van der Waals surface area (Å²) < 4.78 is 12.5. The number of benzene rings is 2. The Morgan fingerprint density at radius 1 is 1.10 bits per heavy atom. The topological polar surface area (TPSA) is 59.8 Å². The molecule has 1 aliphatic heterocycles. The molecule has 3 aromatic rings. The molecule has 0 saturated carbocycles. The lowest BCUT2D eigenvalue weighted by molar-refractivity contribution is -0.123. The van der Waals surface area contributed by atoms with Gasteiger partial charge in [0.05, 0.1) is 11.4 Å². The number of halogens is 1. The minimum absolute atomic E-state index is 0.193. The predicted octanol–water partition coefficient (Wildman–Crippen LogP) is 6.13. The van der Waals surface area contributed by atoms with Gasteiger partial charge in [0.25, 0.3) is 11.1 Å². The fraction of sp³-hybridized carbons (Fsp3) is 0.130. The zero-order valence-corrected chi connectivity index (χ0v) is 18.5. The third kappa shape index (κ3) is 4.52. The van der Waals surface area contributed by atoms with Gasteiger partial charge >= 0.3 is 0 Å². The Morgan fingerprint density at radius 3 is 2.67 bits per heavy atom. The number of carbonyl (C=O) groups excluding carboxylic acids is 2. The molecule has 0 atom stereocenters. The second kappa shape index (κ2) is 8.93. The van der Waals surface area contributed by atoms with E-state index in [0.29, 0.717) is 22.2 Å². The van der Waals surface area contributed by atoms with Crippen LogP contribution in [-0.2, 0) is 4.79 Å². The van der Waals surface area contributed by atoms with E-state index in [9.17, 15) is 9.59 Å². The van der Waals surface area contributed by atoms with Gasteiger partial charge in [-0.25, -0.2) is 0 Å². The Morgan fingerprint density at radius 2 is 1.90 bits per heavy atom. The van der Waals surface area contributed by atoms with Gasteiger partial charge in [0.1, 0.15) is 23.9 Å². The van der Waals surface area contributed by atoms with Crippen LogP contribution in [0.5, 0.6) is 5.75 Å². The zero-order chi connectivity index (χ0) is 21.1. The summed E-state index contributed by atoms with van der Waals surface area (Å²) in [5.41, 5.74) is 2.05. The lowest BCUT2D eigenvalue weighted by Crippen LogP contribution is -2.32. The highest BCUT2D eigenvalue weighted by atomic mass is 79.9. The molecule has 2 aromatic carbocycles. The van der Waals surface area contributed by atoms with E-state index >= 15 is 0 Å². The predicted molar refractivity (Wildman–Crippen MR) is 121 cm³/mol. The molecule has 4 rings (SSSR count). The van der Waals surface area contributed by atoms with Gasteiger partial charge in [-0.05, 0) is 60.6 Å². The number of imide groups is 1. The van der Waals surface area contributed by atoms with E-state index in [2.05, 4.69) is 15.9 Å². The molecule has 30 heavy (non-hydrogen) atoms. The van der Waals surface area contributed by atoms with Gasteiger partial charge in [-0.1, -0.05) is 40.2 Å². The Labute approximate surface area is 186 Å². The number of hydrogen-bond donors (Lipinski definition) is 0. The van der Waals surface area contributed by atoms with Crippen molar-refractivity contribution in [3.8, 4) is 17.1 Å². The van der Waals surface area contributed by atoms with Gasteiger partial charge in [-0.2, -0.15) is 0 Å². The van der Waals surface area contributed by atoms with Crippen molar-refractivity contribution in [2.75, 3.05) is 13.2 Å². The highest BCUT2D eigenvalue weighted by Gasteiger charge is 2.35. The zero-order valence-electron chi connectivity index (χ0n) is 16.1. The van der Waals surface area contributed by atoms with Crippen LogP contribution in [0.2, 0.25) is 0 Å². The molecule has 1 aliphatic rings. The molecule has 0 radical (unpaired) electrons. The maximum atomic E-state index is 12.6. The number of furan rings is 1. The van der Waals surface area contributed by atoms with Gasteiger partial charge in [0.15, 0.2) is 0 Å². The highest BCUT2D eigenvalue weighted by Crippen LogP contribution is 2.33. The molecular weight excluding hydrogens is 466 g/mol. The quantitative estimate of drug-likeness (QED) is 0.394. The van der Waals surface area contributed by atoms with Crippen molar-refractivity contribution in [1.82, 2.24) is 4.90 Å². The lowest BCUT2D eigenvalue weighted by atomic mass is 10.1. The molecule has 0 spiro atoms. The summed E-state index contributed by atoms with van der Waals surface area (Å²) in [6.07, 6.45) is 1.61. The number of nitrogens with zero attached hydrogens (tertiary/aromatic N) is 1. The summed E-state index contributed by atoms with van der Waals surface area (Å²) in [5, 5.41) is -0.307. The number of thioether (sulfide) groups is 1. The molecule has 2 amide bonds. The minimum atomic E-state index is -0.334. The summed E-state index contributed by atoms with van der Waals surface area (Å²) in [7, 11) is 0. The van der Waals surface area contributed by atoms with E-state index in [1.54, 1.807) is 12.1 Å². The van der Waals surface area contributed by atoms with E-state index in [1.807, 2.05) is 61.5 Å². The van der Waals surface area contributed by atoms with Gasteiger partial charge in [-0.15, -0.1) is 0 Å². The van der Waals surface area contributed by atoms with Crippen molar-refractivity contribution in [3.63, 3.8) is 0 Å². The first-order valence-corrected chi connectivity index (χ1v) is 10.9. The smallest absolute Gasteiger partial charge is 0.293 e. The molecule has 1 fully saturated rings. The average Bonchev–Trinajstić information content (AvgIpc) is 3.31. The third-order valence-electron chi connectivity index (χ3n) is 4.54. The summed E-state index contributed by atoms with van der Waals surface area (Å²) in [4.78, 5) is 26.4. The van der Waals surface area contributed by atoms with Crippen LogP contribution in [0.4, 0.5) is 4.79 Å². The molecule has 0 bridgehead atoms. The van der Waals surface area contributed by atoms with Crippen LogP contribution in [0.15, 0.2) is 74.5 Å². The van der Waals surface area contributed by atoms with Crippen LogP contribution in [0, 0.1) is 6.92 Å². The van der Waals surface area contributed by atoms with Crippen LogP contribution in [0.3, 0.4) is 0 Å². The van der Waals surface area contributed by atoms with E-state index in [1.165, 1.54) is 4.90 Å². The third-order valence-corrected chi connectivity index (χ3v) is 6.34. The fourth-order valence-electron chi connectivity index (χ4n) is 2.98. The van der Waals surface area contributed by atoms with E-state index in [-0.39, 0.29) is 24.3 Å². The van der Waals surface area contributed by atoms with E-state index < -0.39 is 0 Å². The van der Waals surface area contributed by atoms with Crippen LogP contribution in [0.25, 0.3) is 17.4 Å². The number of aryl methyl sites for hydroxylation is 1. The molecule has 152 valence electrons. The van der Waals surface area contributed by atoms with Gasteiger partial charge < -0.3 is 9.15 Å². The maximum Gasteiger partial charge on any atom is 0.293 e. The van der Waals surface area contributed by atoms with E-state index in [0.717, 1.165) is 27.4 Å². The van der Waals surface area contributed by atoms with Crippen molar-refractivity contribution >= 4 is 44.9 Å². The second-order valence-corrected chi connectivity index (χ2v) is 8.51. The van der Waals surface area contributed by atoms with Gasteiger partial charge in [-0.3, -0.25) is 14.5 Å². The van der Waals surface area contributed by atoms with Crippen molar-refractivity contribution in [1.29, 1.82) is 0 Å². The highest BCUT2D eigenvalue weighted by molar-refractivity contribution is 9.10. The first-order chi connectivity index (χ1) is 14.5. The Bertz CT molecular complexity index is 1120. The number of ether oxygens (including phenoxy) is 1. The van der Waals surface area contributed by atoms with Crippen LogP contribution in [-0.4, -0.2) is 29.2 Å². The van der Waals surface area contributed by atoms with Crippen molar-refractivity contribution in [2.24, 2.45) is 0 Å². The Kier molecular flexibility index (Phi) is 6.11. The SMILES string of the molecule is Cc1cc(-c2ccc(/C=C3\SC(=O)N(CCOc4ccccc4)C3=O)o2)ccc1Br. The molecule has 5 nitrogen and oxygen atoms in total. The van der Waals surface area contributed by atoms with Crippen LogP contribution >= 0.6 is 27.7 Å². The molecule has 1 saturated heterocycles. The maximum absolute atomic E-state index is 12.6. The normalized spacial score (nSPS) is 15.3. The number of hydrogen-bond acceptors (Lipinski definition) is 5. The van der Waals surface area contributed by atoms with Crippen molar-refractivity contribution in [2.45, 2.75) is 6.92 Å². The Hall–Kier alpha value is -2.77. The van der Waals surface area contributed by atoms with Crippen LogP contribution < -0.4 is 4.74 Å². The molecule has 7 heteroatoms. The first-order valence-electron chi connectivity index (χ1n) is 9.31. The first kappa shape index (κ1) is 20.5. The average molecular weight is 484 g/mol. The molecule has 1 aromatic heterocycles. The molecular formula is C23H18BrNO4S. The monoisotopic (exact) mass is 483 g/mol. The number of amides is 2. The molecule has 0 unspecified atom stereocenters. The molecule has 2 heterocycles. The summed E-state index contributed by atoms with van der Waals surface area (Å²) in [6.45, 7) is 2.44. The van der Waals surface area contributed by atoms with Crippen molar-refractivity contribution < 1.29 is 18.7 Å². The lowest BCUT2D eigenvalue weighted by Gasteiger charge is -2.13. The standard InChI is InChI=1S/C23H18BrNO4S/c1-15-13-16(7-9-19(15)24)20-10-8-18(29-20)14-21-22(26)25(23(27)30-21)11-12-28-17-5-3-2-4-6-17/h2-10,13-14H,11-12H2,1H3/b21-14-. The fourth-order valence-corrected chi connectivity index (χ4v) is 4.07. The second-order valence-electron chi connectivity index (χ2n) is 6.66. The summed E-state index contributed by atoms with van der Waals surface area (Å²) in [5.74, 6) is 1.59. The molecule has 0 aliphatic carbocycles. The number of carbonyl (C=O) groups is 2. The Balaban J connectivity index is 1.43.